The lowest BCUT2D eigenvalue weighted by atomic mass is 9.99. The molecule has 1 aliphatic heterocycles. The van der Waals surface area contributed by atoms with E-state index in [1.54, 1.807) is 12.1 Å². The van der Waals surface area contributed by atoms with Gasteiger partial charge in [0.25, 0.3) is 5.91 Å². The molecule has 1 aromatic heterocycles. The van der Waals surface area contributed by atoms with E-state index in [0.29, 0.717) is 29.0 Å². The third-order valence-electron chi connectivity index (χ3n) is 4.00. The van der Waals surface area contributed by atoms with Crippen molar-refractivity contribution in [3.63, 3.8) is 0 Å². The van der Waals surface area contributed by atoms with E-state index in [4.69, 9.17) is 16.3 Å². The summed E-state index contributed by atoms with van der Waals surface area (Å²) in [5.41, 5.74) is 0.522. The number of ether oxygens (including phenoxy) is 1. The number of amides is 1. The highest BCUT2D eigenvalue weighted by Gasteiger charge is 2.23. The molecule has 6 heteroatoms. The zero-order valence-electron chi connectivity index (χ0n) is 13.0. The van der Waals surface area contributed by atoms with Gasteiger partial charge in [-0.05, 0) is 37.0 Å². The van der Waals surface area contributed by atoms with Gasteiger partial charge in [-0.25, -0.2) is 4.98 Å². The summed E-state index contributed by atoms with van der Waals surface area (Å²) in [6, 6.07) is 7.25. The number of carbonyl (C=O) groups is 1. The molecule has 122 valence electrons. The number of thiazole rings is 1. The Kier molecular flexibility index (Phi) is 5.18. The smallest absolute Gasteiger partial charge is 0.273 e. The lowest BCUT2D eigenvalue weighted by molar-refractivity contribution is 0.0691. The molecule has 0 radical (unpaired) electrons. The Bertz CT molecular complexity index is 681. The number of hydrogen-bond donors (Lipinski definition) is 0. The predicted octanol–water partition coefficient (Wildman–Crippen LogP) is 4.25. The zero-order chi connectivity index (χ0) is 16.2. The number of benzene rings is 1. The molecule has 1 aromatic carbocycles. The van der Waals surface area contributed by atoms with Crippen LogP contribution in [0.5, 0.6) is 5.75 Å². The first-order valence-electron chi connectivity index (χ1n) is 7.74. The molecule has 1 aliphatic rings. The first-order valence-corrected chi connectivity index (χ1v) is 8.99. The van der Waals surface area contributed by atoms with Gasteiger partial charge in [0, 0.05) is 23.5 Å². The van der Waals surface area contributed by atoms with Crippen LogP contribution in [0.4, 0.5) is 0 Å². The minimum atomic E-state index is 0.0298. The highest BCUT2D eigenvalue weighted by molar-refractivity contribution is 7.09. The van der Waals surface area contributed by atoms with Crippen LogP contribution >= 0.6 is 22.9 Å². The number of aromatic nitrogens is 1. The van der Waals surface area contributed by atoms with E-state index < -0.39 is 0 Å². The highest BCUT2D eigenvalue weighted by atomic mass is 35.5. The van der Waals surface area contributed by atoms with Crippen molar-refractivity contribution in [3.8, 4) is 5.75 Å². The Hall–Kier alpha value is -1.59. The lowest BCUT2D eigenvalue weighted by Crippen LogP contribution is -2.38. The number of hydrogen-bond acceptors (Lipinski definition) is 4. The van der Waals surface area contributed by atoms with Crippen molar-refractivity contribution >= 4 is 28.8 Å². The van der Waals surface area contributed by atoms with Crippen molar-refractivity contribution in [2.45, 2.75) is 26.4 Å². The van der Waals surface area contributed by atoms with E-state index in [0.717, 1.165) is 30.9 Å². The maximum absolute atomic E-state index is 12.5. The van der Waals surface area contributed by atoms with Crippen LogP contribution in [-0.4, -0.2) is 28.9 Å². The van der Waals surface area contributed by atoms with Crippen molar-refractivity contribution in [1.82, 2.24) is 9.88 Å². The second kappa shape index (κ2) is 7.32. The van der Waals surface area contributed by atoms with E-state index in [9.17, 15) is 4.79 Å². The number of halogens is 1. The van der Waals surface area contributed by atoms with Gasteiger partial charge in [0.2, 0.25) is 0 Å². The number of piperidine rings is 1. The van der Waals surface area contributed by atoms with Crippen molar-refractivity contribution in [2.24, 2.45) is 5.92 Å². The molecule has 0 N–H and O–H groups in total. The second-order valence-corrected chi connectivity index (χ2v) is 7.23. The summed E-state index contributed by atoms with van der Waals surface area (Å²) in [5, 5.41) is 3.24. The number of nitrogens with zero attached hydrogens (tertiary/aromatic N) is 2. The van der Waals surface area contributed by atoms with Crippen LogP contribution in [0.2, 0.25) is 5.02 Å². The van der Waals surface area contributed by atoms with Gasteiger partial charge in [0.05, 0.1) is 0 Å². The minimum absolute atomic E-state index is 0.0298. The molecule has 23 heavy (non-hydrogen) atoms. The first kappa shape index (κ1) is 16.3. The van der Waals surface area contributed by atoms with Gasteiger partial charge < -0.3 is 9.64 Å². The normalized spacial score (nSPS) is 15.7. The maximum atomic E-state index is 12.5. The van der Waals surface area contributed by atoms with Crippen LogP contribution in [-0.2, 0) is 6.61 Å². The van der Waals surface area contributed by atoms with Gasteiger partial charge in [-0.15, -0.1) is 11.3 Å². The molecular weight excluding hydrogens is 332 g/mol. The van der Waals surface area contributed by atoms with Crippen LogP contribution in [0.15, 0.2) is 29.6 Å². The standard InChI is InChI=1S/C17H19ClN2O2S/c1-12-5-7-20(8-6-12)17(21)15-11-23-16(19-15)10-22-14-4-2-3-13(18)9-14/h2-4,9,11-12H,5-8,10H2,1H3. The zero-order valence-corrected chi connectivity index (χ0v) is 14.6. The molecule has 0 bridgehead atoms. The molecule has 1 amide bonds. The highest BCUT2D eigenvalue weighted by Crippen LogP contribution is 2.21. The Morgan fingerprint density at radius 2 is 2.22 bits per heavy atom. The minimum Gasteiger partial charge on any atom is -0.486 e. The molecule has 2 heterocycles. The van der Waals surface area contributed by atoms with Crippen molar-refractivity contribution < 1.29 is 9.53 Å². The fraction of sp³-hybridized carbons (Fsp3) is 0.412. The predicted molar refractivity (Wildman–Crippen MR) is 92.2 cm³/mol. The van der Waals surface area contributed by atoms with Crippen molar-refractivity contribution in [2.75, 3.05) is 13.1 Å². The molecule has 3 rings (SSSR count). The number of likely N-dealkylation sites (tertiary alicyclic amines) is 1. The monoisotopic (exact) mass is 350 g/mol. The lowest BCUT2D eigenvalue weighted by Gasteiger charge is -2.29. The van der Waals surface area contributed by atoms with E-state index in [2.05, 4.69) is 11.9 Å². The average Bonchev–Trinajstić information content (AvgIpc) is 3.02. The molecule has 0 atom stereocenters. The number of rotatable bonds is 4. The molecule has 0 unspecified atom stereocenters. The summed E-state index contributed by atoms with van der Waals surface area (Å²) in [5.74, 6) is 1.43. The van der Waals surface area contributed by atoms with Crippen LogP contribution in [0.1, 0.15) is 35.3 Å². The van der Waals surface area contributed by atoms with Gasteiger partial charge in [-0.1, -0.05) is 24.6 Å². The van der Waals surface area contributed by atoms with Gasteiger partial charge in [0.1, 0.15) is 23.1 Å². The van der Waals surface area contributed by atoms with E-state index in [1.807, 2.05) is 22.4 Å². The molecule has 0 aliphatic carbocycles. The third-order valence-corrected chi connectivity index (χ3v) is 5.06. The third kappa shape index (κ3) is 4.24. The quantitative estimate of drug-likeness (QED) is 0.827. The SMILES string of the molecule is CC1CCN(C(=O)c2csc(COc3cccc(Cl)c3)n2)CC1. The summed E-state index contributed by atoms with van der Waals surface area (Å²) >= 11 is 7.37. The molecule has 4 nitrogen and oxygen atoms in total. The summed E-state index contributed by atoms with van der Waals surface area (Å²) < 4.78 is 5.66. The van der Waals surface area contributed by atoms with Crippen LogP contribution in [0.3, 0.4) is 0 Å². The Morgan fingerprint density at radius 3 is 2.96 bits per heavy atom. The summed E-state index contributed by atoms with van der Waals surface area (Å²) in [4.78, 5) is 18.8. The fourth-order valence-electron chi connectivity index (χ4n) is 2.55. The van der Waals surface area contributed by atoms with Crippen molar-refractivity contribution in [1.29, 1.82) is 0 Å². The van der Waals surface area contributed by atoms with E-state index in [1.165, 1.54) is 11.3 Å². The Labute approximate surface area is 145 Å². The summed E-state index contributed by atoms with van der Waals surface area (Å²) in [6.07, 6.45) is 2.14. The van der Waals surface area contributed by atoms with E-state index in [-0.39, 0.29) is 5.91 Å². The van der Waals surface area contributed by atoms with Crippen LogP contribution < -0.4 is 4.74 Å². The molecule has 0 spiro atoms. The largest absolute Gasteiger partial charge is 0.486 e. The Balaban J connectivity index is 1.58. The maximum Gasteiger partial charge on any atom is 0.273 e. The summed E-state index contributed by atoms with van der Waals surface area (Å²) in [7, 11) is 0. The first-order chi connectivity index (χ1) is 11.1. The van der Waals surface area contributed by atoms with Gasteiger partial charge in [-0.2, -0.15) is 0 Å². The Morgan fingerprint density at radius 1 is 1.43 bits per heavy atom. The molecule has 0 saturated carbocycles. The van der Waals surface area contributed by atoms with Crippen LogP contribution in [0, 0.1) is 5.92 Å². The topological polar surface area (TPSA) is 42.4 Å². The summed E-state index contributed by atoms with van der Waals surface area (Å²) in [6.45, 7) is 4.23. The molecule has 1 fully saturated rings. The van der Waals surface area contributed by atoms with Gasteiger partial charge in [-0.3, -0.25) is 4.79 Å². The average molecular weight is 351 g/mol. The van der Waals surface area contributed by atoms with Crippen LogP contribution in [0.25, 0.3) is 0 Å². The molecule has 2 aromatic rings. The number of carbonyl (C=O) groups excluding carboxylic acids is 1. The molecular formula is C17H19ClN2O2S. The van der Waals surface area contributed by atoms with Gasteiger partial charge >= 0.3 is 0 Å². The fourth-order valence-corrected chi connectivity index (χ4v) is 3.41. The van der Waals surface area contributed by atoms with E-state index >= 15 is 0 Å². The molecule has 1 saturated heterocycles. The van der Waals surface area contributed by atoms with Crippen molar-refractivity contribution in [3.05, 3.63) is 45.4 Å². The van der Waals surface area contributed by atoms with Gasteiger partial charge in [0.15, 0.2) is 0 Å². The second-order valence-electron chi connectivity index (χ2n) is 5.85.